The standard InChI is InChI=1S/C13H15FN2OS/c1-9(2)15-13(18)16-12(17)8-5-10-3-6-11(14)7-4-10/h3-9H,1-2H3,(H2,15,16,17,18)/b8-5+. The number of hydrogen-bond acceptors (Lipinski definition) is 2. The quantitative estimate of drug-likeness (QED) is 0.651. The molecule has 1 aromatic rings. The molecule has 0 radical (unpaired) electrons. The summed E-state index contributed by atoms with van der Waals surface area (Å²) < 4.78 is 12.7. The molecule has 0 atom stereocenters. The molecule has 0 spiro atoms. The van der Waals surface area contributed by atoms with Crippen molar-refractivity contribution in [2.45, 2.75) is 19.9 Å². The molecule has 0 fully saturated rings. The van der Waals surface area contributed by atoms with Gasteiger partial charge >= 0.3 is 0 Å². The van der Waals surface area contributed by atoms with Crippen molar-refractivity contribution in [1.82, 2.24) is 10.6 Å². The summed E-state index contributed by atoms with van der Waals surface area (Å²) in [4.78, 5) is 11.5. The zero-order valence-corrected chi connectivity index (χ0v) is 11.1. The predicted molar refractivity (Wildman–Crippen MR) is 74.4 cm³/mol. The Morgan fingerprint density at radius 1 is 1.33 bits per heavy atom. The number of nitrogens with one attached hydrogen (secondary N) is 2. The summed E-state index contributed by atoms with van der Waals surface area (Å²) in [7, 11) is 0. The molecule has 1 rings (SSSR count). The molecule has 96 valence electrons. The minimum absolute atomic E-state index is 0.166. The van der Waals surface area contributed by atoms with Crippen LogP contribution < -0.4 is 10.6 Å². The van der Waals surface area contributed by atoms with E-state index in [1.165, 1.54) is 18.2 Å². The van der Waals surface area contributed by atoms with Gasteiger partial charge in [0, 0.05) is 12.1 Å². The van der Waals surface area contributed by atoms with E-state index in [2.05, 4.69) is 10.6 Å². The van der Waals surface area contributed by atoms with Crippen molar-refractivity contribution in [2.75, 3.05) is 0 Å². The number of carbonyl (C=O) groups excluding carboxylic acids is 1. The summed E-state index contributed by atoms with van der Waals surface area (Å²) in [5.41, 5.74) is 0.745. The van der Waals surface area contributed by atoms with Gasteiger partial charge in [-0.15, -0.1) is 0 Å². The second-order valence-corrected chi connectivity index (χ2v) is 4.41. The van der Waals surface area contributed by atoms with Gasteiger partial charge in [-0.25, -0.2) is 4.39 Å². The predicted octanol–water partition coefficient (Wildman–Crippen LogP) is 2.24. The maximum atomic E-state index is 12.7. The van der Waals surface area contributed by atoms with Gasteiger partial charge in [-0.1, -0.05) is 12.1 Å². The van der Waals surface area contributed by atoms with Gasteiger partial charge in [0.15, 0.2) is 5.11 Å². The van der Waals surface area contributed by atoms with Crippen LogP contribution >= 0.6 is 12.2 Å². The smallest absolute Gasteiger partial charge is 0.250 e. The van der Waals surface area contributed by atoms with E-state index in [4.69, 9.17) is 12.2 Å². The van der Waals surface area contributed by atoms with Gasteiger partial charge in [0.2, 0.25) is 5.91 Å². The molecule has 2 N–H and O–H groups in total. The Kier molecular flexibility index (Phi) is 5.45. The number of benzene rings is 1. The van der Waals surface area contributed by atoms with Crippen molar-refractivity contribution in [1.29, 1.82) is 0 Å². The van der Waals surface area contributed by atoms with Crippen molar-refractivity contribution < 1.29 is 9.18 Å². The highest BCUT2D eigenvalue weighted by atomic mass is 32.1. The van der Waals surface area contributed by atoms with Crippen LogP contribution in [-0.4, -0.2) is 17.1 Å². The third kappa shape index (κ3) is 5.54. The molecule has 0 aliphatic heterocycles. The highest BCUT2D eigenvalue weighted by Crippen LogP contribution is 2.04. The third-order valence-corrected chi connectivity index (χ3v) is 2.17. The lowest BCUT2D eigenvalue weighted by molar-refractivity contribution is -0.115. The molecule has 3 nitrogen and oxygen atoms in total. The van der Waals surface area contributed by atoms with E-state index < -0.39 is 0 Å². The van der Waals surface area contributed by atoms with Gasteiger partial charge in [0.25, 0.3) is 0 Å². The van der Waals surface area contributed by atoms with Crippen LogP contribution in [0.1, 0.15) is 19.4 Å². The summed E-state index contributed by atoms with van der Waals surface area (Å²) in [6, 6.07) is 6.01. The first-order valence-electron chi connectivity index (χ1n) is 5.52. The van der Waals surface area contributed by atoms with Crippen LogP contribution in [0, 0.1) is 5.82 Å². The number of thiocarbonyl (C=S) groups is 1. The molecule has 1 amide bonds. The molecule has 0 aliphatic rings. The van der Waals surface area contributed by atoms with Gasteiger partial charge in [0.1, 0.15) is 5.82 Å². The van der Waals surface area contributed by atoms with E-state index in [9.17, 15) is 9.18 Å². The van der Waals surface area contributed by atoms with E-state index in [-0.39, 0.29) is 17.8 Å². The van der Waals surface area contributed by atoms with E-state index in [1.54, 1.807) is 18.2 Å². The first-order chi connectivity index (χ1) is 8.47. The van der Waals surface area contributed by atoms with Crippen LogP contribution in [0.4, 0.5) is 4.39 Å². The molecule has 18 heavy (non-hydrogen) atoms. The molecule has 0 heterocycles. The summed E-state index contributed by atoms with van der Waals surface area (Å²) in [5.74, 6) is -0.628. The first kappa shape index (κ1) is 14.3. The molecule has 0 saturated carbocycles. The number of halogens is 1. The molecule has 0 unspecified atom stereocenters. The van der Waals surface area contributed by atoms with Gasteiger partial charge in [0.05, 0.1) is 0 Å². The van der Waals surface area contributed by atoms with Crippen LogP contribution in [0.2, 0.25) is 0 Å². The maximum Gasteiger partial charge on any atom is 0.250 e. The fourth-order valence-electron chi connectivity index (χ4n) is 1.20. The van der Waals surface area contributed by atoms with Gasteiger partial charge < -0.3 is 5.32 Å². The molecular formula is C13H15FN2OS. The fourth-order valence-corrected chi connectivity index (χ4v) is 1.53. The van der Waals surface area contributed by atoms with Crippen molar-refractivity contribution in [3.05, 3.63) is 41.7 Å². The average Bonchev–Trinajstić information content (AvgIpc) is 2.27. The van der Waals surface area contributed by atoms with Crippen LogP contribution in [0.15, 0.2) is 30.3 Å². The monoisotopic (exact) mass is 266 g/mol. The molecule has 0 aliphatic carbocycles. The van der Waals surface area contributed by atoms with Crippen LogP contribution in [-0.2, 0) is 4.79 Å². The van der Waals surface area contributed by atoms with Crippen LogP contribution in [0.25, 0.3) is 6.08 Å². The Balaban J connectivity index is 2.49. The van der Waals surface area contributed by atoms with E-state index in [0.717, 1.165) is 5.56 Å². The molecule has 0 aromatic heterocycles. The van der Waals surface area contributed by atoms with Crippen molar-refractivity contribution >= 4 is 29.3 Å². The minimum Gasteiger partial charge on any atom is -0.360 e. The van der Waals surface area contributed by atoms with E-state index in [0.29, 0.717) is 5.11 Å². The van der Waals surface area contributed by atoms with Gasteiger partial charge in [-0.3, -0.25) is 10.1 Å². The largest absolute Gasteiger partial charge is 0.360 e. The number of hydrogen-bond donors (Lipinski definition) is 2. The average molecular weight is 266 g/mol. The third-order valence-electron chi connectivity index (χ3n) is 1.95. The van der Waals surface area contributed by atoms with Crippen molar-refractivity contribution in [3.8, 4) is 0 Å². The lowest BCUT2D eigenvalue weighted by atomic mass is 10.2. The Bertz CT molecular complexity index is 455. The number of rotatable bonds is 3. The normalized spacial score (nSPS) is 10.7. The Morgan fingerprint density at radius 2 is 1.94 bits per heavy atom. The first-order valence-corrected chi connectivity index (χ1v) is 5.93. The molecule has 1 aromatic carbocycles. The van der Waals surface area contributed by atoms with Crippen molar-refractivity contribution in [3.63, 3.8) is 0 Å². The summed E-state index contributed by atoms with van der Waals surface area (Å²) in [6.45, 7) is 3.85. The SMILES string of the molecule is CC(C)NC(=S)NC(=O)/C=C/c1ccc(F)cc1. The molecule has 5 heteroatoms. The fraction of sp³-hybridized carbons (Fsp3) is 0.231. The number of amides is 1. The molecule has 0 bridgehead atoms. The maximum absolute atomic E-state index is 12.7. The summed E-state index contributed by atoms with van der Waals surface area (Å²) in [5, 5.41) is 5.70. The summed E-state index contributed by atoms with van der Waals surface area (Å²) >= 11 is 4.93. The number of carbonyl (C=O) groups is 1. The summed E-state index contributed by atoms with van der Waals surface area (Å²) in [6.07, 6.45) is 2.94. The second kappa shape index (κ2) is 6.86. The zero-order valence-electron chi connectivity index (χ0n) is 10.2. The highest BCUT2D eigenvalue weighted by molar-refractivity contribution is 7.80. The van der Waals surface area contributed by atoms with E-state index >= 15 is 0 Å². The molecular weight excluding hydrogens is 251 g/mol. The minimum atomic E-state index is -0.322. The molecule has 0 saturated heterocycles. The second-order valence-electron chi connectivity index (χ2n) is 4.00. The van der Waals surface area contributed by atoms with Crippen LogP contribution in [0.3, 0.4) is 0 Å². The van der Waals surface area contributed by atoms with Gasteiger partial charge in [-0.05, 0) is 49.8 Å². The van der Waals surface area contributed by atoms with Crippen molar-refractivity contribution in [2.24, 2.45) is 0 Å². The highest BCUT2D eigenvalue weighted by Gasteiger charge is 2.01. The Labute approximate surface area is 111 Å². The Hall–Kier alpha value is -1.75. The lowest BCUT2D eigenvalue weighted by Gasteiger charge is -2.10. The van der Waals surface area contributed by atoms with E-state index in [1.807, 2.05) is 13.8 Å². The lowest BCUT2D eigenvalue weighted by Crippen LogP contribution is -2.41. The zero-order chi connectivity index (χ0) is 13.5. The van der Waals surface area contributed by atoms with Gasteiger partial charge in [-0.2, -0.15) is 0 Å². The Morgan fingerprint density at radius 3 is 2.50 bits per heavy atom. The van der Waals surface area contributed by atoms with Crippen LogP contribution in [0.5, 0.6) is 0 Å². The topological polar surface area (TPSA) is 41.1 Å².